The molecule has 2 atom stereocenters. The first-order chi connectivity index (χ1) is 17.0. The maximum Gasteiger partial charge on any atom is 0.411 e. The van der Waals surface area contributed by atoms with E-state index in [-0.39, 0.29) is 19.6 Å². The first-order valence-corrected chi connectivity index (χ1v) is 11.3. The van der Waals surface area contributed by atoms with E-state index in [9.17, 15) is 36.6 Å². The van der Waals surface area contributed by atoms with Gasteiger partial charge in [-0.25, -0.2) is 18.6 Å². The Morgan fingerprint density at radius 1 is 1.25 bits per heavy atom. The topological polar surface area (TPSA) is 96.2 Å². The van der Waals surface area contributed by atoms with Crippen LogP contribution in [-0.4, -0.2) is 64.4 Å². The number of carboxylic acid groups (broad SMARTS) is 1. The number of benzene rings is 1. The van der Waals surface area contributed by atoms with Gasteiger partial charge in [-0.1, -0.05) is 0 Å². The predicted molar refractivity (Wildman–Crippen MR) is 120 cm³/mol. The zero-order chi connectivity index (χ0) is 26.2. The molecule has 4 rings (SSSR count). The molecule has 2 aromatic heterocycles. The lowest BCUT2D eigenvalue weighted by Gasteiger charge is -2.38. The van der Waals surface area contributed by atoms with Gasteiger partial charge in [-0.3, -0.25) is 4.79 Å². The van der Waals surface area contributed by atoms with Gasteiger partial charge in [-0.15, -0.1) is 0 Å². The third-order valence-electron chi connectivity index (χ3n) is 5.69. The molecule has 3 aromatic rings. The maximum atomic E-state index is 14.8. The number of nitrogens with zero attached hydrogens (tertiary/aromatic N) is 3. The summed E-state index contributed by atoms with van der Waals surface area (Å²) in [5, 5.41) is 11.7. The molecule has 0 radical (unpaired) electrons. The van der Waals surface area contributed by atoms with Crippen LogP contribution in [0.15, 0.2) is 41.1 Å². The Bertz CT molecular complexity index is 1290. The molecular formula is C22H18BrF5N4O4. The van der Waals surface area contributed by atoms with Gasteiger partial charge in [0.25, 0.3) is 5.91 Å². The Labute approximate surface area is 208 Å². The van der Waals surface area contributed by atoms with E-state index in [1.54, 1.807) is 22.7 Å². The molecule has 1 amide bonds. The molecule has 1 fully saturated rings. The number of fused-ring (bicyclic) bond motifs is 1. The smallest absolute Gasteiger partial charge is 0.411 e. The lowest BCUT2D eigenvalue weighted by atomic mass is 10.1. The summed E-state index contributed by atoms with van der Waals surface area (Å²) in [7, 11) is 0. The van der Waals surface area contributed by atoms with E-state index in [0.29, 0.717) is 27.9 Å². The van der Waals surface area contributed by atoms with Crippen molar-refractivity contribution in [3.8, 4) is 0 Å². The lowest BCUT2D eigenvalue weighted by molar-refractivity contribution is -0.167. The van der Waals surface area contributed by atoms with Crippen LogP contribution in [0.4, 0.5) is 27.6 Å². The van der Waals surface area contributed by atoms with Gasteiger partial charge in [0.1, 0.15) is 29.3 Å². The number of carbonyl (C=O) groups excluding carboxylic acids is 1. The highest BCUT2D eigenvalue weighted by molar-refractivity contribution is 9.10. The number of rotatable bonds is 6. The molecule has 0 saturated carbocycles. The number of anilines is 1. The Balaban J connectivity index is 1.58. The van der Waals surface area contributed by atoms with Crippen molar-refractivity contribution in [1.82, 2.24) is 14.7 Å². The van der Waals surface area contributed by atoms with Crippen LogP contribution < -0.4 is 10.2 Å². The van der Waals surface area contributed by atoms with Crippen molar-refractivity contribution in [3.63, 3.8) is 0 Å². The van der Waals surface area contributed by atoms with E-state index in [1.807, 2.05) is 0 Å². The molecule has 1 unspecified atom stereocenters. The highest BCUT2D eigenvalue weighted by Gasteiger charge is 2.45. The van der Waals surface area contributed by atoms with Gasteiger partial charge < -0.3 is 24.5 Å². The number of hydrogen-bond donors (Lipinski definition) is 2. The van der Waals surface area contributed by atoms with Crippen LogP contribution in [0, 0.1) is 11.6 Å². The summed E-state index contributed by atoms with van der Waals surface area (Å²) < 4.78 is 76.8. The average Bonchev–Trinajstić information content (AvgIpc) is 3.30. The SMILES string of the molecule is O=C(N[C@@H](Cc1ccc(Br)c2nccn12)C(=O)O)c1c(F)cc(N2CCOCC2C(F)(F)F)cc1F. The number of alkyl halides is 3. The number of ether oxygens (including phenoxy) is 1. The number of nitrogens with one attached hydrogen (secondary N) is 1. The fourth-order valence-electron chi connectivity index (χ4n) is 3.97. The van der Waals surface area contributed by atoms with Crippen LogP contribution in [0.1, 0.15) is 16.1 Å². The molecule has 2 N–H and O–H groups in total. The number of aliphatic carboxylic acids is 1. The van der Waals surface area contributed by atoms with Crippen molar-refractivity contribution in [1.29, 1.82) is 0 Å². The van der Waals surface area contributed by atoms with Gasteiger partial charge in [-0.2, -0.15) is 13.2 Å². The van der Waals surface area contributed by atoms with Crippen molar-refractivity contribution < 1.29 is 41.4 Å². The number of morpholine rings is 1. The molecule has 3 heterocycles. The van der Waals surface area contributed by atoms with E-state index in [4.69, 9.17) is 4.74 Å². The largest absolute Gasteiger partial charge is 0.480 e. The predicted octanol–water partition coefficient (Wildman–Crippen LogP) is 3.57. The van der Waals surface area contributed by atoms with E-state index in [0.717, 1.165) is 4.90 Å². The van der Waals surface area contributed by atoms with E-state index >= 15 is 0 Å². The zero-order valence-electron chi connectivity index (χ0n) is 18.2. The summed E-state index contributed by atoms with van der Waals surface area (Å²) in [6, 6.07) is 0.763. The highest BCUT2D eigenvalue weighted by Crippen LogP contribution is 2.32. The molecule has 1 aromatic carbocycles. The van der Waals surface area contributed by atoms with Crippen molar-refractivity contribution in [2.75, 3.05) is 24.7 Å². The molecule has 1 aliphatic rings. The number of amides is 1. The molecule has 8 nitrogen and oxygen atoms in total. The van der Waals surface area contributed by atoms with Crippen molar-refractivity contribution in [2.45, 2.75) is 24.7 Å². The van der Waals surface area contributed by atoms with Crippen LogP contribution in [0.2, 0.25) is 0 Å². The molecule has 14 heteroatoms. The molecule has 1 saturated heterocycles. The maximum absolute atomic E-state index is 14.8. The lowest BCUT2D eigenvalue weighted by Crippen LogP contribution is -2.53. The molecule has 0 spiro atoms. The second kappa shape index (κ2) is 10.0. The van der Waals surface area contributed by atoms with Crippen molar-refractivity contribution in [3.05, 3.63) is 64.0 Å². The molecule has 1 aliphatic heterocycles. The minimum absolute atomic E-state index is 0.0847. The quantitative estimate of drug-likeness (QED) is 0.436. The Kier molecular flexibility index (Phi) is 7.18. The summed E-state index contributed by atoms with van der Waals surface area (Å²) >= 11 is 3.32. The van der Waals surface area contributed by atoms with Crippen LogP contribution in [0.3, 0.4) is 0 Å². The number of aromatic nitrogens is 2. The fourth-order valence-corrected chi connectivity index (χ4v) is 4.39. The molecule has 0 bridgehead atoms. The number of hydrogen-bond acceptors (Lipinski definition) is 5. The minimum Gasteiger partial charge on any atom is -0.480 e. The number of halogens is 6. The molecule has 192 valence electrons. The molecule has 36 heavy (non-hydrogen) atoms. The first-order valence-electron chi connectivity index (χ1n) is 10.5. The summed E-state index contributed by atoms with van der Waals surface area (Å²) in [5.74, 6) is -5.69. The Hall–Kier alpha value is -3.26. The molecule has 0 aliphatic carbocycles. The average molecular weight is 577 g/mol. The standard InChI is InChI=1S/C22H18BrF5N4O4/c23-13-2-1-11(32-4-3-29-19(13)32)9-16(21(34)35)30-20(33)18-14(24)7-12(8-15(18)25)31-5-6-36-10-17(31)22(26,27)28/h1-4,7-8,16-17H,5-6,9-10H2,(H,30,33)(H,34,35)/t16-,17?/m0/s1. The number of carbonyl (C=O) groups is 2. The first kappa shape index (κ1) is 25.8. The van der Waals surface area contributed by atoms with Gasteiger partial charge in [0.2, 0.25) is 0 Å². The van der Waals surface area contributed by atoms with Crippen LogP contribution in [0.5, 0.6) is 0 Å². The summed E-state index contributed by atoms with van der Waals surface area (Å²) in [6.45, 7) is -1.07. The number of imidazole rings is 1. The van der Waals surface area contributed by atoms with Crippen molar-refractivity contribution >= 4 is 39.1 Å². The summed E-state index contributed by atoms with van der Waals surface area (Å²) in [6.07, 6.45) is -1.90. The summed E-state index contributed by atoms with van der Waals surface area (Å²) in [4.78, 5) is 29.4. The van der Waals surface area contributed by atoms with E-state index in [1.165, 1.54) is 6.20 Å². The number of carboxylic acids is 1. The van der Waals surface area contributed by atoms with Gasteiger partial charge in [0.05, 0.1) is 17.7 Å². The highest BCUT2D eigenvalue weighted by atomic mass is 79.9. The number of pyridine rings is 1. The van der Waals surface area contributed by atoms with Crippen LogP contribution in [0.25, 0.3) is 5.65 Å². The molecular weight excluding hydrogens is 559 g/mol. The van der Waals surface area contributed by atoms with Crippen molar-refractivity contribution in [2.24, 2.45) is 0 Å². The Morgan fingerprint density at radius 2 is 1.94 bits per heavy atom. The van der Waals surface area contributed by atoms with Crippen LogP contribution in [-0.2, 0) is 16.0 Å². The third kappa shape index (κ3) is 5.14. The van der Waals surface area contributed by atoms with Gasteiger partial charge >= 0.3 is 12.1 Å². The second-order valence-electron chi connectivity index (χ2n) is 7.97. The fraction of sp³-hybridized carbons (Fsp3) is 0.318. The third-order valence-corrected chi connectivity index (χ3v) is 6.31. The van der Waals surface area contributed by atoms with Gasteiger partial charge in [-0.05, 0) is 40.2 Å². The Morgan fingerprint density at radius 3 is 2.58 bits per heavy atom. The van der Waals surface area contributed by atoms with E-state index < -0.39 is 59.6 Å². The normalized spacial score (nSPS) is 17.3. The zero-order valence-corrected chi connectivity index (χ0v) is 19.8. The van der Waals surface area contributed by atoms with E-state index in [2.05, 4.69) is 26.2 Å². The van der Waals surface area contributed by atoms with Gasteiger partial charge in [0.15, 0.2) is 5.65 Å². The monoisotopic (exact) mass is 576 g/mol. The minimum atomic E-state index is -4.72. The summed E-state index contributed by atoms with van der Waals surface area (Å²) in [5.41, 5.74) is -0.583. The second-order valence-corrected chi connectivity index (χ2v) is 8.83. The van der Waals surface area contributed by atoms with Gasteiger partial charge in [0, 0.05) is 36.7 Å². The van der Waals surface area contributed by atoms with Crippen LogP contribution >= 0.6 is 15.9 Å².